The lowest BCUT2D eigenvalue weighted by molar-refractivity contribution is -0.121. The third kappa shape index (κ3) is 8.94. The van der Waals surface area contributed by atoms with E-state index in [-0.39, 0.29) is 29.9 Å². The van der Waals surface area contributed by atoms with Gasteiger partial charge in [0.05, 0.1) is 5.69 Å². The molecule has 0 atom stereocenters. The third-order valence-electron chi connectivity index (χ3n) is 4.52. The largest absolute Gasteiger partial charge is 0.359 e. The Hall–Kier alpha value is -1.32. The van der Waals surface area contributed by atoms with E-state index in [1.807, 2.05) is 13.0 Å². The lowest BCUT2D eigenvalue weighted by atomic mass is 9.95. The van der Waals surface area contributed by atoms with Crippen molar-refractivity contribution in [2.24, 2.45) is 4.99 Å². The van der Waals surface area contributed by atoms with Gasteiger partial charge in [-0.05, 0) is 25.7 Å². The summed E-state index contributed by atoms with van der Waals surface area (Å²) in [6, 6.07) is 2.30. The number of carbonyl (C=O) groups excluding carboxylic acids is 1. The molecule has 0 unspecified atom stereocenters. The van der Waals surface area contributed by atoms with Crippen LogP contribution in [-0.4, -0.2) is 36.2 Å². The number of aromatic nitrogens is 1. The Balaban J connectivity index is 0.00000364. The monoisotopic (exact) mass is 491 g/mol. The summed E-state index contributed by atoms with van der Waals surface area (Å²) in [6.45, 7) is 7.90. The number of guanidine groups is 1. The molecule has 0 radical (unpaired) electrons. The van der Waals surface area contributed by atoms with Crippen LogP contribution < -0.4 is 16.0 Å². The topological polar surface area (TPSA) is 91.6 Å². The van der Waals surface area contributed by atoms with Gasteiger partial charge in [0, 0.05) is 31.6 Å². The van der Waals surface area contributed by atoms with Crippen molar-refractivity contribution < 1.29 is 9.32 Å². The summed E-state index contributed by atoms with van der Waals surface area (Å²) >= 11 is 0. The maximum Gasteiger partial charge on any atom is 0.221 e. The van der Waals surface area contributed by atoms with Crippen LogP contribution in [0.1, 0.15) is 76.7 Å². The fourth-order valence-corrected chi connectivity index (χ4v) is 3.02. The third-order valence-corrected chi connectivity index (χ3v) is 4.52. The highest BCUT2D eigenvalue weighted by atomic mass is 127. The molecule has 0 saturated heterocycles. The summed E-state index contributed by atoms with van der Waals surface area (Å²) in [4.78, 5) is 16.6. The first kappa shape index (κ1) is 23.7. The van der Waals surface area contributed by atoms with Gasteiger partial charge in [-0.1, -0.05) is 38.3 Å². The highest BCUT2D eigenvalue weighted by Crippen LogP contribution is 2.17. The Morgan fingerprint density at radius 1 is 1.30 bits per heavy atom. The summed E-state index contributed by atoms with van der Waals surface area (Å²) < 4.78 is 5.30. The number of nitrogens with zero attached hydrogens (tertiary/aromatic N) is 2. The predicted octanol–water partition coefficient (Wildman–Crippen LogP) is 3.31. The van der Waals surface area contributed by atoms with Crippen molar-refractivity contribution in [3.8, 4) is 0 Å². The SMILES string of the molecule is CCNC(=NCc1cc(C(C)C)no1)NCCC(=O)NC1CCCCC1.I. The Labute approximate surface area is 179 Å². The minimum Gasteiger partial charge on any atom is -0.359 e. The number of rotatable bonds is 8. The molecule has 3 N–H and O–H groups in total. The zero-order valence-corrected chi connectivity index (χ0v) is 19.0. The van der Waals surface area contributed by atoms with Gasteiger partial charge in [-0.15, -0.1) is 24.0 Å². The first-order valence-electron chi connectivity index (χ1n) is 9.85. The molecule has 1 aliphatic carbocycles. The Kier molecular flexibility index (Phi) is 11.4. The zero-order chi connectivity index (χ0) is 18.8. The quantitative estimate of drug-likeness (QED) is 0.295. The summed E-state index contributed by atoms with van der Waals surface area (Å²) in [5.41, 5.74) is 0.938. The first-order chi connectivity index (χ1) is 12.6. The standard InChI is InChI=1S/C19H33N5O2.HI/c1-4-20-19(22-13-16-12-17(14(2)3)24-26-16)21-11-10-18(25)23-15-8-6-5-7-9-15;/h12,14-15H,4-11,13H2,1-3H3,(H,23,25)(H2,20,21,22);1H. The number of carbonyl (C=O) groups is 1. The van der Waals surface area contributed by atoms with E-state index in [9.17, 15) is 4.79 Å². The minimum absolute atomic E-state index is 0. The van der Waals surface area contributed by atoms with E-state index in [1.54, 1.807) is 0 Å². The van der Waals surface area contributed by atoms with Crippen molar-refractivity contribution in [2.45, 2.75) is 77.8 Å². The average Bonchev–Trinajstić information content (AvgIpc) is 3.10. The fourth-order valence-electron chi connectivity index (χ4n) is 3.02. The molecule has 1 amide bonds. The molecule has 1 fully saturated rings. The minimum atomic E-state index is 0. The predicted molar refractivity (Wildman–Crippen MR) is 118 cm³/mol. The van der Waals surface area contributed by atoms with Crippen LogP contribution in [-0.2, 0) is 11.3 Å². The zero-order valence-electron chi connectivity index (χ0n) is 16.7. The van der Waals surface area contributed by atoms with Crippen LogP contribution in [0.4, 0.5) is 0 Å². The second kappa shape index (κ2) is 13.0. The van der Waals surface area contributed by atoms with Gasteiger partial charge < -0.3 is 20.5 Å². The molecule has 0 aromatic carbocycles. The van der Waals surface area contributed by atoms with E-state index in [0.717, 1.165) is 30.8 Å². The van der Waals surface area contributed by atoms with Crippen LogP contribution in [0.5, 0.6) is 0 Å². The molecule has 154 valence electrons. The molecular formula is C19H34IN5O2. The van der Waals surface area contributed by atoms with Crippen LogP contribution in [0, 0.1) is 0 Å². The Morgan fingerprint density at radius 3 is 2.67 bits per heavy atom. The van der Waals surface area contributed by atoms with Crippen LogP contribution >= 0.6 is 24.0 Å². The molecule has 1 aromatic heterocycles. The number of nitrogens with one attached hydrogen (secondary N) is 3. The van der Waals surface area contributed by atoms with Crippen molar-refractivity contribution in [3.05, 3.63) is 17.5 Å². The number of halogens is 1. The first-order valence-corrected chi connectivity index (χ1v) is 9.85. The number of hydrogen-bond donors (Lipinski definition) is 3. The summed E-state index contributed by atoms with van der Waals surface area (Å²) in [5.74, 6) is 1.86. The normalized spacial score (nSPS) is 15.3. The van der Waals surface area contributed by atoms with Crippen LogP contribution in [0.3, 0.4) is 0 Å². The number of aliphatic imine (C=N–C) groups is 1. The van der Waals surface area contributed by atoms with Crippen LogP contribution in [0.2, 0.25) is 0 Å². The highest BCUT2D eigenvalue weighted by Gasteiger charge is 2.15. The molecule has 2 rings (SSSR count). The summed E-state index contributed by atoms with van der Waals surface area (Å²) in [7, 11) is 0. The van der Waals surface area contributed by atoms with Gasteiger partial charge in [-0.2, -0.15) is 0 Å². The van der Waals surface area contributed by atoms with Crippen molar-refractivity contribution >= 4 is 35.8 Å². The van der Waals surface area contributed by atoms with Crippen molar-refractivity contribution in [2.75, 3.05) is 13.1 Å². The number of amides is 1. The van der Waals surface area contributed by atoms with E-state index in [1.165, 1.54) is 19.3 Å². The van der Waals surface area contributed by atoms with Gasteiger partial charge >= 0.3 is 0 Å². The van der Waals surface area contributed by atoms with E-state index in [4.69, 9.17) is 4.52 Å². The molecule has 0 bridgehead atoms. The van der Waals surface area contributed by atoms with E-state index < -0.39 is 0 Å². The van der Waals surface area contributed by atoms with Gasteiger partial charge in [-0.25, -0.2) is 4.99 Å². The van der Waals surface area contributed by atoms with Gasteiger partial charge in [0.1, 0.15) is 6.54 Å². The molecule has 1 aromatic rings. The van der Waals surface area contributed by atoms with Crippen LogP contribution in [0.25, 0.3) is 0 Å². The molecule has 1 saturated carbocycles. The van der Waals surface area contributed by atoms with Crippen LogP contribution in [0.15, 0.2) is 15.6 Å². The van der Waals surface area contributed by atoms with Gasteiger partial charge in [0.15, 0.2) is 11.7 Å². The molecule has 0 aliphatic heterocycles. The second-order valence-electron chi connectivity index (χ2n) is 7.15. The Morgan fingerprint density at radius 2 is 2.04 bits per heavy atom. The molecule has 7 nitrogen and oxygen atoms in total. The Bertz CT molecular complexity index is 582. The maximum absolute atomic E-state index is 12.1. The summed E-state index contributed by atoms with van der Waals surface area (Å²) in [6.07, 6.45) is 6.40. The lowest BCUT2D eigenvalue weighted by Gasteiger charge is -2.22. The van der Waals surface area contributed by atoms with Gasteiger partial charge in [0.2, 0.25) is 5.91 Å². The van der Waals surface area contributed by atoms with Gasteiger partial charge in [0.25, 0.3) is 0 Å². The molecule has 27 heavy (non-hydrogen) atoms. The molecule has 8 heteroatoms. The van der Waals surface area contributed by atoms with E-state index in [2.05, 4.69) is 39.9 Å². The molecule has 0 spiro atoms. The van der Waals surface area contributed by atoms with Crippen molar-refractivity contribution in [3.63, 3.8) is 0 Å². The number of hydrogen-bond acceptors (Lipinski definition) is 4. The molecular weight excluding hydrogens is 457 g/mol. The smallest absolute Gasteiger partial charge is 0.221 e. The molecule has 1 aliphatic rings. The van der Waals surface area contributed by atoms with Crippen molar-refractivity contribution in [1.82, 2.24) is 21.1 Å². The maximum atomic E-state index is 12.1. The van der Waals surface area contributed by atoms with E-state index >= 15 is 0 Å². The van der Waals surface area contributed by atoms with E-state index in [0.29, 0.717) is 37.4 Å². The lowest BCUT2D eigenvalue weighted by Crippen LogP contribution is -2.41. The molecule has 1 heterocycles. The van der Waals surface area contributed by atoms with Gasteiger partial charge in [-0.3, -0.25) is 4.79 Å². The fraction of sp³-hybridized carbons (Fsp3) is 0.737. The highest BCUT2D eigenvalue weighted by molar-refractivity contribution is 14.0. The summed E-state index contributed by atoms with van der Waals surface area (Å²) in [5, 5.41) is 13.6. The average molecular weight is 491 g/mol. The second-order valence-corrected chi connectivity index (χ2v) is 7.15. The van der Waals surface area contributed by atoms with Crippen molar-refractivity contribution in [1.29, 1.82) is 0 Å².